The van der Waals surface area contributed by atoms with Crippen LogP contribution in [0.5, 0.6) is 5.75 Å². The summed E-state index contributed by atoms with van der Waals surface area (Å²) in [6.07, 6.45) is 5.67. The van der Waals surface area contributed by atoms with Crippen LogP contribution in [0.2, 0.25) is 0 Å². The Labute approximate surface area is 173 Å². The molecule has 0 N–H and O–H groups in total. The number of aryl methyl sites for hydroxylation is 1. The number of hydrogen-bond donors (Lipinski definition) is 0. The number of rotatable bonds is 4. The summed E-state index contributed by atoms with van der Waals surface area (Å²) in [4.78, 5) is 25.2. The zero-order valence-corrected chi connectivity index (χ0v) is 16.9. The summed E-state index contributed by atoms with van der Waals surface area (Å²) >= 11 is 0. The van der Waals surface area contributed by atoms with Crippen LogP contribution in [0.4, 0.5) is 0 Å². The fourth-order valence-electron chi connectivity index (χ4n) is 4.81. The molecule has 5 rings (SSSR count). The van der Waals surface area contributed by atoms with Gasteiger partial charge in [-0.05, 0) is 43.2 Å². The number of hydrogen-bond acceptors (Lipinski definition) is 7. The molecule has 0 radical (unpaired) electrons. The Balaban J connectivity index is 1.49. The van der Waals surface area contributed by atoms with E-state index < -0.39 is 29.9 Å². The van der Waals surface area contributed by atoms with Gasteiger partial charge in [-0.25, -0.2) is 9.59 Å². The average Bonchev–Trinajstić information content (AvgIpc) is 3.34. The van der Waals surface area contributed by atoms with Crippen molar-refractivity contribution in [1.82, 2.24) is 0 Å². The molecule has 1 aromatic rings. The summed E-state index contributed by atoms with van der Waals surface area (Å²) in [5.74, 6) is -0.763. The zero-order valence-electron chi connectivity index (χ0n) is 16.9. The largest absolute Gasteiger partial charge is 0.496 e. The molecule has 0 unspecified atom stereocenters. The van der Waals surface area contributed by atoms with Crippen LogP contribution < -0.4 is 4.74 Å². The fraction of sp³-hybridized carbons (Fsp3) is 0.391. The molecule has 3 aliphatic heterocycles. The van der Waals surface area contributed by atoms with Crippen LogP contribution in [0.15, 0.2) is 47.8 Å². The highest BCUT2D eigenvalue weighted by Crippen LogP contribution is 2.58. The molecule has 2 fully saturated rings. The number of esters is 2. The van der Waals surface area contributed by atoms with E-state index in [2.05, 4.69) is 0 Å². The molecule has 0 aromatic heterocycles. The van der Waals surface area contributed by atoms with Gasteiger partial charge in [0.15, 0.2) is 5.60 Å². The predicted molar refractivity (Wildman–Crippen MR) is 105 cm³/mol. The number of benzene rings is 1. The van der Waals surface area contributed by atoms with Crippen molar-refractivity contribution < 1.29 is 33.3 Å². The lowest BCUT2D eigenvalue weighted by Gasteiger charge is -2.32. The molecular formula is C23H22O7. The first-order valence-electron chi connectivity index (χ1n) is 9.95. The fourth-order valence-corrected chi connectivity index (χ4v) is 4.81. The van der Waals surface area contributed by atoms with Gasteiger partial charge in [-0.3, -0.25) is 0 Å². The summed E-state index contributed by atoms with van der Waals surface area (Å²) in [5, 5.41) is 0. The van der Waals surface area contributed by atoms with Crippen molar-refractivity contribution in [2.24, 2.45) is 11.8 Å². The lowest BCUT2D eigenvalue weighted by molar-refractivity contribution is -0.152. The minimum Gasteiger partial charge on any atom is -0.496 e. The van der Waals surface area contributed by atoms with Gasteiger partial charge in [0.05, 0.1) is 37.0 Å². The normalized spacial score (nSPS) is 34.2. The maximum Gasteiger partial charge on any atom is 0.337 e. The van der Waals surface area contributed by atoms with E-state index in [9.17, 15) is 9.59 Å². The van der Waals surface area contributed by atoms with E-state index in [1.165, 1.54) is 6.26 Å². The first kappa shape index (κ1) is 18.9. The molecule has 0 amide bonds. The summed E-state index contributed by atoms with van der Waals surface area (Å²) in [6, 6.07) is 5.71. The lowest BCUT2D eigenvalue weighted by Crippen LogP contribution is -2.43. The zero-order chi connectivity index (χ0) is 21.0. The van der Waals surface area contributed by atoms with Crippen molar-refractivity contribution in [3.05, 3.63) is 58.9 Å². The van der Waals surface area contributed by atoms with E-state index in [0.717, 1.165) is 16.9 Å². The number of methoxy groups -OCH3 is 1. The van der Waals surface area contributed by atoms with Crippen LogP contribution in [0.25, 0.3) is 6.08 Å². The number of ether oxygens (including phenoxy) is 5. The first-order valence-corrected chi connectivity index (χ1v) is 9.95. The van der Waals surface area contributed by atoms with Gasteiger partial charge < -0.3 is 23.7 Å². The maximum absolute atomic E-state index is 12.8. The second-order valence-corrected chi connectivity index (χ2v) is 7.80. The standard InChI is InChI=1S/C23H22O7/c1-4-27-20(24)16-11-28-22-18-14(16)7-8-23(18)19(29-22)15(21(25)30-23)9-13-6-5-12(2)17(10-13)26-3/h5-11,14,18-19,22H,4H2,1-3H3/b15-9+/t14-,18-,19+,22-,23+/m1/s1. The van der Waals surface area contributed by atoms with Crippen molar-refractivity contribution in [2.75, 3.05) is 13.7 Å². The van der Waals surface area contributed by atoms with Gasteiger partial charge in [0, 0.05) is 5.92 Å². The molecule has 0 saturated carbocycles. The van der Waals surface area contributed by atoms with E-state index in [1.54, 1.807) is 20.1 Å². The molecule has 4 aliphatic rings. The maximum atomic E-state index is 12.8. The Morgan fingerprint density at radius 2 is 2.17 bits per heavy atom. The third-order valence-corrected chi connectivity index (χ3v) is 6.19. The summed E-state index contributed by atoms with van der Waals surface area (Å²) in [6.45, 7) is 3.97. The van der Waals surface area contributed by atoms with Crippen molar-refractivity contribution in [2.45, 2.75) is 31.8 Å². The van der Waals surface area contributed by atoms with E-state index in [4.69, 9.17) is 23.7 Å². The summed E-state index contributed by atoms with van der Waals surface area (Å²) in [7, 11) is 1.61. The van der Waals surface area contributed by atoms with E-state index >= 15 is 0 Å². The minimum absolute atomic E-state index is 0.271. The number of carbonyl (C=O) groups excluding carboxylic acids is 2. The van der Waals surface area contributed by atoms with E-state index in [0.29, 0.717) is 11.1 Å². The highest BCUT2D eigenvalue weighted by atomic mass is 16.7. The highest BCUT2D eigenvalue weighted by molar-refractivity contribution is 5.99. The van der Waals surface area contributed by atoms with Crippen LogP contribution in [0, 0.1) is 18.8 Å². The molecule has 3 heterocycles. The van der Waals surface area contributed by atoms with Crippen molar-refractivity contribution in [1.29, 1.82) is 0 Å². The Morgan fingerprint density at radius 3 is 2.93 bits per heavy atom. The Kier molecular flexibility index (Phi) is 4.25. The van der Waals surface area contributed by atoms with E-state index in [-0.39, 0.29) is 18.4 Å². The first-order chi connectivity index (χ1) is 14.5. The lowest BCUT2D eigenvalue weighted by atomic mass is 9.78. The molecular weight excluding hydrogens is 388 g/mol. The Bertz CT molecular complexity index is 1020. The van der Waals surface area contributed by atoms with Crippen molar-refractivity contribution >= 4 is 18.0 Å². The monoisotopic (exact) mass is 410 g/mol. The SMILES string of the molecule is CCOC(=O)C1=CO[C@@H]2O[C@H]3/C(=C\c4ccc(C)c(OC)c4)C(=O)O[C@]34C=C[C@H]1[C@H]24. The second-order valence-electron chi connectivity index (χ2n) is 7.80. The number of allylic oxidation sites excluding steroid dienone is 1. The molecule has 0 bridgehead atoms. The highest BCUT2D eigenvalue weighted by Gasteiger charge is 2.70. The molecule has 30 heavy (non-hydrogen) atoms. The molecule has 2 saturated heterocycles. The van der Waals surface area contributed by atoms with Gasteiger partial charge in [-0.1, -0.05) is 18.2 Å². The summed E-state index contributed by atoms with van der Waals surface area (Å²) < 4.78 is 28.2. The van der Waals surface area contributed by atoms with Gasteiger partial charge >= 0.3 is 11.9 Å². The molecule has 7 heteroatoms. The average molecular weight is 410 g/mol. The third kappa shape index (κ3) is 2.55. The predicted octanol–water partition coefficient (Wildman–Crippen LogP) is 2.69. The van der Waals surface area contributed by atoms with Gasteiger partial charge in [0.25, 0.3) is 0 Å². The van der Waals surface area contributed by atoms with Crippen LogP contribution in [-0.4, -0.2) is 43.7 Å². The third-order valence-electron chi connectivity index (χ3n) is 6.19. The molecule has 1 spiro atoms. The Morgan fingerprint density at radius 1 is 1.33 bits per heavy atom. The van der Waals surface area contributed by atoms with Crippen LogP contribution >= 0.6 is 0 Å². The van der Waals surface area contributed by atoms with Crippen molar-refractivity contribution in [3.8, 4) is 5.75 Å². The smallest absolute Gasteiger partial charge is 0.337 e. The second kappa shape index (κ2) is 6.74. The van der Waals surface area contributed by atoms with Gasteiger partial charge in [-0.2, -0.15) is 0 Å². The molecule has 1 aromatic carbocycles. The number of carbonyl (C=O) groups is 2. The minimum atomic E-state index is -0.987. The van der Waals surface area contributed by atoms with Crippen LogP contribution in [0.1, 0.15) is 18.1 Å². The Hall–Kier alpha value is -3.06. The van der Waals surface area contributed by atoms with Gasteiger partial charge in [-0.15, -0.1) is 0 Å². The topological polar surface area (TPSA) is 80.3 Å². The van der Waals surface area contributed by atoms with Crippen molar-refractivity contribution in [3.63, 3.8) is 0 Å². The van der Waals surface area contributed by atoms with Gasteiger partial charge in [0.1, 0.15) is 11.9 Å². The quantitative estimate of drug-likeness (QED) is 0.429. The molecule has 7 nitrogen and oxygen atoms in total. The van der Waals surface area contributed by atoms with Crippen LogP contribution in [0.3, 0.4) is 0 Å². The van der Waals surface area contributed by atoms with Gasteiger partial charge in [0.2, 0.25) is 6.29 Å². The van der Waals surface area contributed by atoms with Crippen LogP contribution in [-0.2, 0) is 28.5 Å². The molecule has 156 valence electrons. The molecule has 5 atom stereocenters. The summed E-state index contributed by atoms with van der Waals surface area (Å²) in [5.41, 5.74) is 1.65. The molecule has 1 aliphatic carbocycles. The van der Waals surface area contributed by atoms with E-state index in [1.807, 2.05) is 37.3 Å².